The normalized spacial score (nSPS) is 19.9. The Hall–Kier alpha value is -1.61. The van der Waals surface area contributed by atoms with E-state index >= 15 is 0 Å². The van der Waals surface area contributed by atoms with Crippen LogP contribution < -0.4 is 5.32 Å². The lowest BCUT2D eigenvalue weighted by Gasteiger charge is -2.34. The topological polar surface area (TPSA) is 93.5 Å². The SMILES string of the molecule is Cn1ccnc1S(=O)(=O)N1CCCCC1CNC(=O)OC(C)(C)C. The smallest absolute Gasteiger partial charge is 0.407 e. The first-order valence-corrected chi connectivity index (χ1v) is 9.51. The molecular weight excluding hydrogens is 332 g/mol. The van der Waals surface area contributed by atoms with Crippen molar-refractivity contribution in [3.05, 3.63) is 12.4 Å². The van der Waals surface area contributed by atoms with E-state index in [9.17, 15) is 13.2 Å². The van der Waals surface area contributed by atoms with Crippen LogP contribution in [0.4, 0.5) is 4.79 Å². The van der Waals surface area contributed by atoms with E-state index < -0.39 is 21.7 Å². The molecule has 1 N–H and O–H groups in total. The highest BCUT2D eigenvalue weighted by molar-refractivity contribution is 7.89. The van der Waals surface area contributed by atoms with Crippen LogP contribution in [0.5, 0.6) is 0 Å². The number of alkyl carbamates (subject to hydrolysis) is 1. The van der Waals surface area contributed by atoms with Crippen molar-refractivity contribution in [3.8, 4) is 0 Å². The predicted octanol–water partition coefficient (Wildman–Crippen LogP) is 1.49. The molecule has 24 heavy (non-hydrogen) atoms. The average molecular weight is 358 g/mol. The molecule has 136 valence electrons. The highest BCUT2D eigenvalue weighted by Gasteiger charge is 2.36. The van der Waals surface area contributed by atoms with Gasteiger partial charge in [-0.2, -0.15) is 4.31 Å². The summed E-state index contributed by atoms with van der Waals surface area (Å²) in [5.41, 5.74) is -0.588. The van der Waals surface area contributed by atoms with Crippen molar-refractivity contribution in [2.24, 2.45) is 7.05 Å². The second kappa shape index (κ2) is 7.10. The lowest BCUT2D eigenvalue weighted by atomic mass is 10.1. The highest BCUT2D eigenvalue weighted by Crippen LogP contribution is 2.24. The quantitative estimate of drug-likeness (QED) is 0.880. The molecule has 0 bridgehead atoms. The van der Waals surface area contributed by atoms with Crippen molar-refractivity contribution < 1.29 is 17.9 Å². The lowest BCUT2D eigenvalue weighted by molar-refractivity contribution is 0.0512. The van der Waals surface area contributed by atoms with Gasteiger partial charge in [0, 0.05) is 38.6 Å². The fourth-order valence-electron chi connectivity index (χ4n) is 2.72. The number of imidazole rings is 1. The predicted molar refractivity (Wildman–Crippen MR) is 89.0 cm³/mol. The van der Waals surface area contributed by atoms with Gasteiger partial charge in [-0.25, -0.2) is 18.2 Å². The van der Waals surface area contributed by atoms with Crippen LogP contribution in [0, 0.1) is 0 Å². The van der Waals surface area contributed by atoms with Gasteiger partial charge in [-0.15, -0.1) is 0 Å². The van der Waals surface area contributed by atoms with Crippen molar-refractivity contribution in [3.63, 3.8) is 0 Å². The largest absolute Gasteiger partial charge is 0.444 e. The van der Waals surface area contributed by atoms with Crippen molar-refractivity contribution >= 4 is 16.1 Å². The Bertz CT molecular complexity index is 678. The van der Waals surface area contributed by atoms with Crippen molar-refractivity contribution in [1.29, 1.82) is 0 Å². The minimum absolute atomic E-state index is 0.0201. The van der Waals surface area contributed by atoms with Gasteiger partial charge in [0.1, 0.15) is 5.60 Å². The number of aryl methyl sites for hydroxylation is 1. The summed E-state index contributed by atoms with van der Waals surface area (Å²) in [6.45, 7) is 6.00. The summed E-state index contributed by atoms with van der Waals surface area (Å²) in [6, 6.07) is -0.298. The number of nitrogens with one attached hydrogen (secondary N) is 1. The second-order valence-corrected chi connectivity index (χ2v) is 8.75. The van der Waals surface area contributed by atoms with Crippen molar-refractivity contribution in [1.82, 2.24) is 19.2 Å². The molecule has 0 radical (unpaired) electrons. The number of hydrogen-bond donors (Lipinski definition) is 1. The van der Waals surface area contributed by atoms with Crippen LogP contribution in [-0.4, -0.2) is 53.1 Å². The van der Waals surface area contributed by atoms with Gasteiger partial charge in [-0.05, 0) is 33.6 Å². The number of piperidine rings is 1. The van der Waals surface area contributed by atoms with E-state index in [2.05, 4.69) is 10.3 Å². The Kier molecular flexibility index (Phi) is 5.54. The Morgan fingerprint density at radius 3 is 2.71 bits per heavy atom. The third-order valence-electron chi connectivity index (χ3n) is 3.77. The monoisotopic (exact) mass is 358 g/mol. The number of aromatic nitrogens is 2. The number of rotatable bonds is 4. The van der Waals surface area contributed by atoms with E-state index in [4.69, 9.17) is 4.74 Å². The first-order chi connectivity index (χ1) is 11.1. The van der Waals surface area contributed by atoms with Crippen LogP contribution in [0.3, 0.4) is 0 Å². The molecule has 2 rings (SSSR count). The molecule has 1 aromatic heterocycles. The lowest BCUT2D eigenvalue weighted by Crippen LogP contribution is -2.50. The number of ether oxygens (including phenoxy) is 1. The van der Waals surface area contributed by atoms with Crippen LogP contribution in [0.2, 0.25) is 0 Å². The molecule has 1 aliphatic rings. The van der Waals surface area contributed by atoms with Gasteiger partial charge in [0.15, 0.2) is 0 Å². The van der Waals surface area contributed by atoms with E-state index in [1.807, 2.05) is 0 Å². The zero-order valence-electron chi connectivity index (χ0n) is 14.7. The van der Waals surface area contributed by atoms with E-state index in [-0.39, 0.29) is 17.7 Å². The minimum atomic E-state index is -3.69. The second-order valence-electron chi connectivity index (χ2n) is 6.97. The maximum Gasteiger partial charge on any atom is 0.407 e. The molecule has 0 spiro atoms. The maximum atomic E-state index is 12.9. The molecule has 0 aromatic carbocycles. The van der Waals surface area contributed by atoms with Crippen molar-refractivity contribution in [2.75, 3.05) is 13.1 Å². The number of amides is 1. The molecule has 9 heteroatoms. The molecule has 0 aliphatic carbocycles. The highest BCUT2D eigenvalue weighted by atomic mass is 32.2. The summed E-state index contributed by atoms with van der Waals surface area (Å²) in [6.07, 6.45) is 4.94. The molecule has 1 aliphatic heterocycles. The number of nitrogens with zero attached hydrogens (tertiary/aromatic N) is 3. The maximum absolute atomic E-state index is 12.9. The molecule has 8 nitrogen and oxygen atoms in total. The zero-order chi connectivity index (χ0) is 18.0. The number of carbonyl (C=O) groups is 1. The molecule has 1 atom stereocenters. The fraction of sp³-hybridized carbons (Fsp3) is 0.733. The Balaban J connectivity index is 2.08. The van der Waals surface area contributed by atoms with Gasteiger partial charge in [0.2, 0.25) is 5.16 Å². The summed E-state index contributed by atoms with van der Waals surface area (Å²) < 4.78 is 33.8. The van der Waals surface area contributed by atoms with Gasteiger partial charge in [0.05, 0.1) is 0 Å². The fourth-order valence-corrected chi connectivity index (χ4v) is 4.49. The van der Waals surface area contributed by atoms with Crippen molar-refractivity contribution in [2.45, 2.75) is 56.8 Å². The minimum Gasteiger partial charge on any atom is -0.444 e. The van der Waals surface area contributed by atoms with Crippen LogP contribution in [0.25, 0.3) is 0 Å². The van der Waals surface area contributed by atoms with Crippen LogP contribution in [-0.2, 0) is 21.8 Å². The van der Waals surface area contributed by atoms with Crippen LogP contribution >= 0.6 is 0 Å². The van der Waals surface area contributed by atoms with E-state index in [0.717, 1.165) is 12.8 Å². The third kappa shape index (κ3) is 4.47. The molecule has 1 aromatic rings. The standard InChI is InChI=1S/C15H26N4O4S/c1-15(2,3)23-14(20)17-11-12-7-5-6-9-19(12)24(21,22)13-16-8-10-18(13)4/h8,10,12H,5-7,9,11H2,1-4H3,(H,17,20). The Morgan fingerprint density at radius 1 is 1.42 bits per heavy atom. The molecular formula is C15H26N4O4S. The summed E-state index contributed by atoms with van der Waals surface area (Å²) >= 11 is 0. The number of hydrogen-bond acceptors (Lipinski definition) is 5. The Labute approximate surface area is 143 Å². The molecule has 1 amide bonds. The molecule has 0 saturated carbocycles. The van der Waals surface area contributed by atoms with Gasteiger partial charge >= 0.3 is 6.09 Å². The van der Waals surface area contributed by atoms with E-state index in [1.165, 1.54) is 15.1 Å². The first-order valence-electron chi connectivity index (χ1n) is 8.07. The van der Waals surface area contributed by atoms with Crippen LogP contribution in [0.15, 0.2) is 17.6 Å². The molecule has 1 fully saturated rings. The molecule has 1 saturated heterocycles. The number of carbonyl (C=O) groups excluding carboxylic acids is 1. The van der Waals surface area contributed by atoms with E-state index in [0.29, 0.717) is 13.0 Å². The zero-order valence-corrected chi connectivity index (χ0v) is 15.5. The molecule has 2 heterocycles. The van der Waals surface area contributed by atoms with Crippen LogP contribution in [0.1, 0.15) is 40.0 Å². The number of sulfonamides is 1. The van der Waals surface area contributed by atoms with Gasteiger partial charge in [0.25, 0.3) is 10.0 Å². The van der Waals surface area contributed by atoms with Gasteiger partial charge in [-0.1, -0.05) is 6.42 Å². The first kappa shape index (κ1) is 18.7. The average Bonchev–Trinajstić information content (AvgIpc) is 2.90. The van der Waals surface area contributed by atoms with Gasteiger partial charge in [-0.3, -0.25) is 0 Å². The van der Waals surface area contributed by atoms with Gasteiger partial charge < -0.3 is 14.6 Å². The third-order valence-corrected chi connectivity index (χ3v) is 5.72. The summed E-state index contributed by atoms with van der Waals surface area (Å²) in [5.74, 6) is 0. The summed E-state index contributed by atoms with van der Waals surface area (Å²) in [7, 11) is -2.04. The summed E-state index contributed by atoms with van der Waals surface area (Å²) in [5, 5.41) is 2.70. The molecule has 1 unspecified atom stereocenters. The van der Waals surface area contributed by atoms with E-state index in [1.54, 1.807) is 34.0 Å². The summed E-state index contributed by atoms with van der Waals surface area (Å²) in [4.78, 5) is 15.8. The Morgan fingerprint density at radius 2 is 2.12 bits per heavy atom.